The Balaban J connectivity index is 1.66. The van der Waals surface area contributed by atoms with E-state index in [9.17, 15) is 14.0 Å². The Bertz CT molecular complexity index is 1040. The van der Waals surface area contributed by atoms with E-state index < -0.39 is 11.5 Å². The van der Waals surface area contributed by atoms with Crippen molar-refractivity contribution >= 4 is 16.9 Å². The molecule has 2 heterocycles. The lowest BCUT2D eigenvalue weighted by atomic mass is 10.1. The molecule has 0 N–H and O–H groups in total. The largest absolute Gasteiger partial charge is 0.422 e. The summed E-state index contributed by atoms with van der Waals surface area (Å²) in [7, 11) is 0. The van der Waals surface area contributed by atoms with Crippen LogP contribution in [0.15, 0.2) is 63.8 Å². The summed E-state index contributed by atoms with van der Waals surface area (Å²) < 4.78 is 24.2. The highest BCUT2D eigenvalue weighted by molar-refractivity contribution is 5.96. The van der Waals surface area contributed by atoms with Crippen molar-refractivity contribution in [1.29, 1.82) is 0 Å². The van der Waals surface area contributed by atoms with E-state index in [1.807, 2.05) is 6.07 Å². The number of fused-ring (bicyclic) bond motifs is 1. The quantitative estimate of drug-likeness (QED) is 0.632. The standard InChI is InChI=1S/C22H20FNO4/c23-17-9-7-15(8-10-17)13-24(14-18-5-3-11-27-18)21(25)19-12-16-4-1-2-6-20(16)28-22(19)26/h1-2,4,6-10,12,18H,3,5,11,13-14H2/t18-/m1/s1. The minimum Gasteiger partial charge on any atom is -0.422 e. The van der Waals surface area contributed by atoms with Crippen LogP contribution in [0.4, 0.5) is 4.39 Å². The van der Waals surface area contributed by atoms with Gasteiger partial charge in [0.15, 0.2) is 0 Å². The maximum Gasteiger partial charge on any atom is 0.349 e. The van der Waals surface area contributed by atoms with Gasteiger partial charge in [-0.1, -0.05) is 30.3 Å². The summed E-state index contributed by atoms with van der Waals surface area (Å²) in [6.07, 6.45) is 1.73. The molecule has 0 radical (unpaired) electrons. The summed E-state index contributed by atoms with van der Waals surface area (Å²) in [5.74, 6) is -0.754. The van der Waals surface area contributed by atoms with E-state index in [1.54, 1.807) is 41.3 Å². The highest BCUT2D eigenvalue weighted by atomic mass is 19.1. The van der Waals surface area contributed by atoms with Gasteiger partial charge in [-0.25, -0.2) is 9.18 Å². The first kappa shape index (κ1) is 18.4. The van der Waals surface area contributed by atoms with Gasteiger partial charge >= 0.3 is 5.63 Å². The molecule has 1 aromatic heterocycles. The summed E-state index contributed by atoms with van der Waals surface area (Å²) >= 11 is 0. The van der Waals surface area contributed by atoms with Crippen molar-refractivity contribution in [1.82, 2.24) is 4.90 Å². The van der Waals surface area contributed by atoms with Gasteiger partial charge in [-0.2, -0.15) is 0 Å². The molecule has 1 aliphatic rings. The first-order valence-electron chi connectivity index (χ1n) is 9.28. The van der Waals surface area contributed by atoms with Crippen LogP contribution in [0.3, 0.4) is 0 Å². The van der Waals surface area contributed by atoms with Gasteiger partial charge in [-0.3, -0.25) is 4.79 Å². The van der Waals surface area contributed by atoms with Gasteiger partial charge in [0.25, 0.3) is 5.91 Å². The molecule has 1 amide bonds. The molecule has 6 heteroatoms. The van der Waals surface area contributed by atoms with Crippen LogP contribution in [0.2, 0.25) is 0 Å². The molecule has 144 valence electrons. The van der Waals surface area contributed by atoms with Crippen LogP contribution in [-0.2, 0) is 11.3 Å². The Morgan fingerprint density at radius 3 is 2.68 bits per heavy atom. The molecule has 1 fully saturated rings. The third-order valence-corrected chi connectivity index (χ3v) is 4.89. The van der Waals surface area contributed by atoms with E-state index in [-0.39, 0.29) is 24.0 Å². The van der Waals surface area contributed by atoms with Crippen LogP contribution in [0, 0.1) is 5.82 Å². The Morgan fingerprint density at radius 2 is 1.93 bits per heavy atom. The van der Waals surface area contributed by atoms with Crippen LogP contribution >= 0.6 is 0 Å². The van der Waals surface area contributed by atoms with Crippen molar-refractivity contribution in [2.24, 2.45) is 0 Å². The molecule has 28 heavy (non-hydrogen) atoms. The number of ether oxygens (including phenoxy) is 1. The number of carbonyl (C=O) groups is 1. The van der Waals surface area contributed by atoms with Gasteiger partial charge < -0.3 is 14.1 Å². The monoisotopic (exact) mass is 381 g/mol. The smallest absolute Gasteiger partial charge is 0.349 e. The Hall–Kier alpha value is -2.99. The second-order valence-corrected chi connectivity index (χ2v) is 6.93. The zero-order valence-electron chi connectivity index (χ0n) is 15.3. The van der Waals surface area contributed by atoms with Gasteiger partial charge in [-0.05, 0) is 42.7 Å². The zero-order valence-corrected chi connectivity index (χ0v) is 15.3. The van der Waals surface area contributed by atoms with Crippen LogP contribution in [0.1, 0.15) is 28.8 Å². The second kappa shape index (κ2) is 7.94. The van der Waals surface area contributed by atoms with Gasteiger partial charge in [0.05, 0.1) is 6.10 Å². The van der Waals surface area contributed by atoms with Crippen LogP contribution < -0.4 is 5.63 Å². The predicted molar refractivity (Wildman–Crippen MR) is 103 cm³/mol. The first-order valence-corrected chi connectivity index (χ1v) is 9.28. The fourth-order valence-corrected chi connectivity index (χ4v) is 3.44. The molecule has 3 aromatic rings. The van der Waals surface area contributed by atoms with Crippen molar-refractivity contribution in [3.05, 3.63) is 82.0 Å². The van der Waals surface area contributed by atoms with Crippen LogP contribution in [0.25, 0.3) is 11.0 Å². The third-order valence-electron chi connectivity index (χ3n) is 4.89. The van der Waals surface area contributed by atoms with E-state index in [2.05, 4.69) is 0 Å². The molecular formula is C22H20FNO4. The Labute approximate surface area is 161 Å². The number of hydrogen-bond acceptors (Lipinski definition) is 4. The molecule has 1 atom stereocenters. The lowest BCUT2D eigenvalue weighted by Gasteiger charge is -2.25. The fraction of sp³-hybridized carbons (Fsp3) is 0.273. The first-order chi connectivity index (χ1) is 13.6. The number of carbonyl (C=O) groups excluding carboxylic acids is 1. The fourth-order valence-electron chi connectivity index (χ4n) is 3.44. The predicted octanol–water partition coefficient (Wildman–Crippen LogP) is 3.75. The molecule has 0 saturated carbocycles. The van der Waals surface area contributed by atoms with Gasteiger partial charge in [0.1, 0.15) is 17.0 Å². The molecule has 4 rings (SSSR count). The number of halogens is 1. The summed E-state index contributed by atoms with van der Waals surface area (Å²) in [4.78, 5) is 27.2. The maximum absolute atomic E-state index is 13.2. The summed E-state index contributed by atoms with van der Waals surface area (Å²) in [5.41, 5.74) is 0.533. The number of benzene rings is 2. The Morgan fingerprint density at radius 1 is 1.14 bits per heavy atom. The third kappa shape index (κ3) is 3.97. The van der Waals surface area contributed by atoms with Gasteiger partial charge in [0.2, 0.25) is 0 Å². The number of para-hydroxylation sites is 1. The molecule has 1 aliphatic heterocycles. The number of rotatable bonds is 5. The summed E-state index contributed by atoms with van der Waals surface area (Å²) in [5, 5.41) is 0.685. The lowest BCUT2D eigenvalue weighted by molar-refractivity contribution is 0.0504. The second-order valence-electron chi connectivity index (χ2n) is 6.93. The Kier molecular flexibility index (Phi) is 5.21. The highest BCUT2D eigenvalue weighted by Crippen LogP contribution is 2.19. The van der Waals surface area contributed by atoms with Crippen LogP contribution in [-0.4, -0.2) is 30.1 Å². The molecule has 2 aromatic carbocycles. The average Bonchev–Trinajstić information content (AvgIpc) is 3.21. The molecule has 0 spiro atoms. The van der Waals surface area contributed by atoms with Crippen molar-refractivity contribution < 1.29 is 18.3 Å². The van der Waals surface area contributed by atoms with E-state index in [0.717, 1.165) is 18.4 Å². The minimum absolute atomic E-state index is 0.0150. The van der Waals surface area contributed by atoms with Crippen molar-refractivity contribution in [2.45, 2.75) is 25.5 Å². The molecule has 1 saturated heterocycles. The minimum atomic E-state index is -0.667. The average molecular weight is 381 g/mol. The van der Waals surface area contributed by atoms with Crippen molar-refractivity contribution in [3.8, 4) is 0 Å². The van der Waals surface area contributed by atoms with Crippen molar-refractivity contribution in [3.63, 3.8) is 0 Å². The van der Waals surface area contributed by atoms with E-state index in [4.69, 9.17) is 9.15 Å². The van der Waals surface area contributed by atoms with E-state index in [0.29, 0.717) is 24.1 Å². The normalized spacial score (nSPS) is 16.4. The highest BCUT2D eigenvalue weighted by Gasteiger charge is 2.26. The number of nitrogens with zero attached hydrogens (tertiary/aromatic N) is 1. The molecule has 0 unspecified atom stereocenters. The van der Waals surface area contributed by atoms with Crippen LogP contribution in [0.5, 0.6) is 0 Å². The SMILES string of the molecule is O=C(c1cc2ccccc2oc1=O)N(Cc1ccc(F)cc1)C[C@H]1CCCO1. The molecule has 0 bridgehead atoms. The zero-order chi connectivity index (χ0) is 19.5. The summed E-state index contributed by atoms with van der Waals surface area (Å²) in [6, 6.07) is 14.6. The summed E-state index contributed by atoms with van der Waals surface area (Å²) in [6.45, 7) is 1.29. The van der Waals surface area contributed by atoms with E-state index >= 15 is 0 Å². The van der Waals surface area contributed by atoms with Crippen molar-refractivity contribution in [2.75, 3.05) is 13.2 Å². The maximum atomic E-state index is 13.2. The van der Waals surface area contributed by atoms with Gasteiger partial charge in [-0.15, -0.1) is 0 Å². The molecular weight excluding hydrogens is 361 g/mol. The molecule has 5 nitrogen and oxygen atoms in total. The van der Waals surface area contributed by atoms with Gasteiger partial charge in [0, 0.05) is 25.1 Å². The number of amides is 1. The number of hydrogen-bond donors (Lipinski definition) is 0. The van der Waals surface area contributed by atoms with E-state index in [1.165, 1.54) is 12.1 Å². The lowest BCUT2D eigenvalue weighted by Crippen LogP contribution is -2.38. The topological polar surface area (TPSA) is 59.8 Å². The molecule has 0 aliphatic carbocycles.